The zero-order valence-electron chi connectivity index (χ0n) is 19.3. The lowest BCUT2D eigenvalue weighted by Gasteiger charge is -2.28. The molecule has 0 amide bonds. The minimum atomic E-state index is 0.230. The van der Waals surface area contributed by atoms with Gasteiger partial charge in [0.05, 0.1) is 0 Å². The van der Waals surface area contributed by atoms with Crippen LogP contribution in [-0.2, 0) is 0 Å². The lowest BCUT2D eigenvalue weighted by molar-refractivity contribution is 1.31. The fraction of sp³-hybridized carbons (Fsp3) is 0.333. The fourth-order valence-electron chi connectivity index (χ4n) is 5.35. The zero-order chi connectivity index (χ0) is 21.6. The number of aryl methyl sites for hydroxylation is 8. The van der Waals surface area contributed by atoms with E-state index in [1.54, 1.807) is 0 Å². The van der Waals surface area contributed by atoms with Gasteiger partial charge in [-0.3, -0.25) is 0 Å². The molecular formula is C27H32BBr. The summed E-state index contributed by atoms with van der Waals surface area (Å²) in [5.74, 6) is 0. The Morgan fingerprint density at radius 1 is 0.483 bits per heavy atom. The highest BCUT2D eigenvalue weighted by atomic mass is 79.9. The predicted octanol–water partition coefficient (Wildman–Crippen LogP) is 5.74. The topological polar surface area (TPSA) is 0 Å². The molecule has 3 aromatic rings. The van der Waals surface area contributed by atoms with Crippen molar-refractivity contribution in [2.75, 3.05) is 0 Å². The number of hydrogen-bond acceptors (Lipinski definition) is 0. The molecule has 0 unspecified atom stereocenters. The Balaban J connectivity index is 2.48. The molecule has 0 N–H and O–H groups in total. The average molecular weight is 447 g/mol. The molecule has 29 heavy (non-hydrogen) atoms. The van der Waals surface area contributed by atoms with Crippen molar-refractivity contribution in [3.8, 4) is 0 Å². The summed E-state index contributed by atoms with van der Waals surface area (Å²) in [6, 6.07) is 11.7. The Labute approximate surface area is 186 Å². The van der Waals surface area contributed by atoms with Gasteiger partial charge < -0.3 is 0 Å². The Morgan fingerprint density at radius 2 is 0.828 bits per heavy atom. The lowest BCUT2D eigenvalue weighted by atomic mass is 9.33. The number of benzene rings is 3. The molecule has 0 radical (unpaired) electrons. The van der Waals surface area contributed by atoms with Gasteiger partial charge >= 0.3 is 0 Å². The van der Waals surface area contributed by atoms with Crippen LogP contribution in [0.1, 0.15) is 50.1 Å². The van der Waals surface area contributed by atoms with Crippen LogP contribution in [0.5, 0.6) is 0 Å². The lowest BCUT2D eigenvalue weighted by Crippen LogP contribution is -2.57. The van der Waals surface area contributed by atoms with Gasteiger partial charge in [-0.2, -0.15) is 0 Å². The predicted molar refractivity (Wildman–Crippen MR) is 134 cm³/mol. The molecule has 3 aromatic carbocycles. The van der Waals surface area contributed by atoms with Gasteiger partial charge in [-0.15, -0.1) is 0 Å². The normalized spacial score (nSPS) is 11.1. The van der Waals surface area contributed by atoms with Gasteiger partial charge in [-0.1, -0.05) is 102 Å². The highest BCUT2D eigenvalue weighted by Gasteiger charge is 2.31. The van der Waals surface area contributed by atoms with Crippen LogP contribution < -0.4 is 16.4 Å². The SMILES string of the molecule is Cc1cc(C)c(B(c2c(C)cc(C)cc2C)c2c(C)cc(C)c(Br)c2C)c(C)c1. The first-order chi connectivity index (χ1) is 13.5. The molecule has 0 fully saturated rings. The molecule has 0 aromatic heterocycles. The van der Waals surface area contributed by atoms with Crippen LogP contribution in [0, 0.1) is 62.3 Å². The summed E-state index contributed by atoms with van der Waals surface area (Å²) in [6.45, 7) is 20.4. The third kappa shape index (κ3) is 3.97. The summed E-state index contributed by atoms with van der Waals surface area (Å²) in [6.07, 6.45) is 0. The van der Waals surface area contributed by atoms with E-state index in [4.69, 9.17) is 0 Å². The number of hydrogen-bond donors (Lipinski definition) is 0. The fourth-order valence-corrected chi connectivity index (χ4v) is 5.67. The van der Waals surface area contributed by atoms with Gasteiger partial charge in [0, 0.05) is 4.47 Å². The molecule has 0 heterocycles. The molecule has 0 aliphatic heterocycles. The Kier molecular flexibility index (Phi) is 6.15. The van der Waals surface area contributed by atoms with Crippen molar-refractivity contribution < 1.29 is 0 Å². The maximum Gasteiger partial charge on any atom is 0.243 e. The Hall–Kier alpha value is -1.80. The monoisotopic (exact) mass is 446 g/mol. The van der Waals surface area contributed by atoms with Gasteiger partial charge in [-0.05, 0) is 73.4 Å². The summed E-state index contributed by atoms with van der Waals surface area (Å²) >= 11 is 3.87. The molecule has 150 valence electrons. The van der Waals surface area contributed by atoms with Crippen molar-refractivity contribution in [1.82, 2.24) is 0 Å². The van der Waals surface area contributed by atoms with E-state index in [-0.39, 0.29) is 6.71 Å². The van der Waals surface area contributed by atoms with E-state index < -0.39 is 0 Å². The van der Waals surface area contributed by atoms with Crippen molar-refractivity contribution in [1.29, 1.82) is 0 Å². The molecule has 0 saturated carbocycles. The molecule has 0 aliphatic carbocycles. The van der Waals surface area contributed by atoms with E-state index in [0.29, 0.717) is 0 Å². The number of rotatable bonds is 3. The van der Waals surface area contributed by atoms with Crippen LogP contribution in [0.3, 0.4) is 0 Å². The van der Waals surface area contributed by atoms with E-state index in [1.807, 2.05) is 0 Å². The molecule has 0 aliphatic rings. The maximum absolute atomic E-state index is 3.87. The second-order valence-corrected chi connectivity index (χ2v) is 9.71. The standard InChI is InChI=1S/C27H32BBr/c1-15-10-17(3)24(18(4)11-15)28(25-19(5)12-16(2)13-20(25)6)26-21(7)14-22(8)27(29)23(26)9/h10-14H,1-9H3. The van der Waals surface area contributed by atoms with Gasteiger partial charge in [0.15, 0.2) is 0 Å². The first kappa shape index (κ1) is 21.9. The summed E-state index contributed by atoms with van der Waals surface area (Å²) < 4.78 is 1.23. The highest BCUT2D eigenvalue weighted by Crippen LogP contribution is 2.23. The molecule has 0 spiro atoms. The van der Waals surface area contributed by atoms with Gasteiger partial charge in [0.2, 0.25) is 6.71 Å². The quantitative estimate of drug-likeness (QED) is 0.450. The van der Waals surface area contributed by atoms with Crippen molar-refractivity contribution in [2.24, 2.45) is 0 Å². The first-order valence-corrected chi connectivity index (χ1v) is 11.2. The van der Waals surface area contributed by atoms with Crippen LogP contribution in [0.2, 0.25) is 0 Å². The van der Waals surface area contributed by atoms with Crippen molar-refractivity contribution in [3.05, 3.63) is 84.9 Å². The van der Waals surface area contributed by atoms with Crippen molar-refractivity contribution in [2.45, 2.75) is 62.3 Å². The number of halogens is 1. The summed E-state index contributed by atoms with van der Waals surface area (Å²) in [5, 5.41) is 0. The summed E-state index contributed by atoms with van der Waals surface area (Å²) in [4.78, 5) is 0. The van der Waals surface area contributed by atoms with Crippen LogP contribution in [-0.4, -0.2) is 6.71 Å². The molecule has 0 bridgehead atoms. The Morgan fingerprint density at radius 3 is 1.21 bits per heavy atom. The summed E-state index contributed by atoms with van der Waals surface area (Å²) in [7, 11) is 0. The highest BCUT2D eigenvalue weighted by molar-refractivity contribution is 9.10. The summed E-state index contributed by atoms with van der Waals surface area (Å²) in [5.41, 5.74) is 16.5. The zero-order valence-corrected chi connectivity index (χ0v) is 20.9. The molecule has 0 nitrogen and oxygen atoms in total. The molecular weight excluding hydrogens is 415 g/mol. The third-order valence-corrected chi connectivity index (χ3v) is 7.50. The van der Waals surface area contributed by atoms with Gasteiger partial charge in [0.25, 0.3) is 0 Å². The van der Waals surface area contributed by atoms with E-state index in [1.165, 1.54) is 70.9 Å². The largest absolute Gasteiger partial charge is 0.243 e. The second kappa shape index (κ2) is 8.15. The van der Waals surface area contributed by atoms with Crippen LogP contribution in [0.25, 0.3) is 0 Å². The molecule has 2 heteroatoms. The third-order valence-electron chi connectivity index (χ3n) is 6.28. The Bertz CT molecular complexity index is 1000. The molecule has 0 saturated heterocycles. The molecule has 3 rings (SSSR count). The van der Waals surface area contributed by atoms with Crippen molar-refractivity contribution in [3.63, 3.8) is 0 Å². The van der Waals surface area contributed by atoms with Crippen LogP contribution >= 0.6 is 15.9 Å². The minimum Gasteiger partial charge on any atom is -0.0629 e. The van der Waals surface area contributed by atoms with Crippen LogP contribution in [0.4, 0.5) is 0 Å². The van der Waals surface area contributed by atoms with E-state index in [2.05, 4.69) is 109 Å². The van der Waals surface area contributed by atoms with E-state index >= 15 is 0 Å². The minimum absolute atomic E-state index is 0.230. The van der Waals surface area contributed by atoms with Crippen LogP contribution in [0.15, 0.2) is 34.8 Å². The van der Waals surface area contributed by atoms with Gasteiger partial charge in [-0.25, -0.2) is 0 Å². The first-order valence-electron chi connectivity index (χ1n) is 10.4. The molecule has 0 atom stereocenters. The smallest absolute Gasteiger partial charge is 0.0629 e. The van der Waals surface area contributed by atoms with E-state index in [0.717, 1.165) is 0 Å². The maximum atomic E-state index is 3.87. The van der Waals surface area contributed by atoms with Gasteiger partial charge in [0.1, 0.15) is 0 Å². The average Bonchev–Trinajstić information content (AvgIpc) is 2.57. The van der Waals surface area contributed by atoms with Crippen molar-refractivity contribution >= 4 is 39.0 Å². The van der Waals surface area contributed by atoms with E-state index in [9.17, 15) is 0 Å². The second-order valence-electron chi connectivity index (χ2n) is 8.92.